The monoisotopic (exact) mass is 236 g/mol. The van der Waals surface area contributed by atoms with Gasteiger partial charge in [0.25, 0.3) is 0 Å². The Morgan fingerprint density at radius 1 is 1.29 bits per heavy atom. The molecule has 0 radical (unpaired) electrons. The second-order valence-corrected chi connectivity index (χ2v) is 5.28. The van der Waals surface area contributed by atoms with E-state index in [0.717, 1.165) is 5.82 Å². The minimum absolute atomic E-state index is 0.0318. The van der Waals surface area contributed by atoms with E-state index in [4.69, 9.17) is 0 Å². The van der Waals surface area contributed by atoms with E-state index in [1.54, 1.807) is 0 Å². The van der Waals surface area contributed by atoms with Crippen LogP contribution in [0.15, 0.2) is 18.3 Å². The highest BCUT2D eigenvalue weighted by Crippen LogP contribution is 2.32. The van der Waals surface area contributed by atoms with Gasteiger partial charge in [0.15, 0.2) is 0 Å². The molecule has 1 aliphatic heterocycles. The Labute approximate surface area is 102 Å². The van der Waals surface area contributed by atoms with Gasteiger partial charge in [-0.05, 0) is 17.5 Å². The third-order valence-electron chi connectivity index (χ3n) is 3.48. The largest absolute Gasteiger partial charge is 0.396 e. The van der Waals surface area contributed by atoms with Crippen molar-refractivity contribution < 1.29 is 10.2 Å². The number of pyridine rings is 1. The van der Waals surface area contributed by atoms with Crippen molar-refractivity contribution in [2.45, 2.75) is 19.8 Å². The maximum absolute atomic E-state index is 9.21. The number of nitrogens with zero attached hydrogens (tertiary/aromatic N) is 2. The minimum atomic E-state index is -0.335. The van der Waals surface area contributed by atoms with E-state index < -0.39 is 0 Å². The van der Waals surface area contributed by atoms with Crippen LogP contribution in [0.4, 0.5) is 5.82 Å². The molecule has 94 valence electrons. The molecule has 1 aliphatic rings. The summed E-state index contributed by atoms with van der Waals surface area (Å²) < 4.78 is 0. The highest BCUT2D eigenvalue weighted by molar-refractivity contribution is 5.44. The van der Waals surface area contributed by atoms with Crippen molar-refractivity contribution in [3.05, 3.63) is 23.9 Å². The molecule has 1 aromatic rings. The Balaban J connectivity index is 2.02. The first-order chi connectivity index (χ1) is 8.10. The van der Waals surface area contributed by atoms with Gasteiger partial charge in [0.05, 0.1) is 18.6 Å². The van der Waals surface area contributed by atoms with Gasteiger partial charge in [-0.15, -0.1) is 0 Å². The molecular weight excluding hydrogens is 216 g/mol. The number of hydrogen-bond donors (Lipinski definition) is 2. The Morgan fingerprint density at radius 3 is 2.35 bits per heavy atom. The standard InChI is InChI=1S/C13H20N2O2/c1-10(2)11-3-4-12(14-5-11)15-6-13(7-15,8-16)9-17/h3-5,10,16-17H,6-9H2,1-2H3. The number of hydrogen-bond acceptors (Lipinski definition) is 4. The van der Waals surface area contributed by atoms with Crippen LogP contribution in [0.5, 0.6) is 0 Å². The topological polar surface area (TPSA) is 56.6 Å². The lowest BCUT2D eigenvalue weighted by Gasteiger charge is -2.48. The van der Waals surface area contributed by atoms with Gasteiger partial charge in [-0.1, -0.05) is 19.9 Å². The van der Waals surface area contributed by atoms with Gasteiger partial charge in [-0.25, -0.2) is 4.98 Å². The summed E-state index contributed by atoms with van der Waals surface area (Å²) in [5, 5.41) is 18.4. The van der Waals surface area contributed by atoms with E-state index in [-0.39, 0.29) is 18.6 Å². The summed E-state index contributed by atoms with van der Waals surface area (Å²) in [6.07, 6.45) is 1.90. The molecule has 0 atom stereocenters. The maximum Gasteiger partial charge on any atom is 0.128 e. The Morgan fingerprint density at radius 2 is 1.94 bits per heavy atom. The molecule has 1 fully saturated rings. The second-order valence-electron chi connectivity index (χ2n) is 5.28. The molecule has 1 saturated heterocycles. The number of aliphatic hydroxyl groups is 2. The summed E-state index contributed by atoms with van der Waals surface area (Å²) in [5.41, 5.74) is 0.892. The first kappa shape index (κ1) is 12.3. The fourth-order valence-electron chi connectivity index (χ4n) is 2.10. The fourth-order valence-corrected chi connectivity index (χ4v) is 2.10. The minimum Gasteiger partial charge on any atom is -0.396 e. The summed E-state index contributed by atoms with van der Waals surface area (Å²) >= 11 is 0. The van der Waals surface area contributed by atoms with Crippen molar-refractivity contribution in [1.29, 1.82) is 0 Å². The van der Waals surface area contributed by atoms with Gasteiger partial charge >= 0.3 is 0 Å². The van der Waals surface area contributed by atoms with Crippen LogP contribution in [0, 0.1) is 5.41 Å². The maximum atomic E-state index is 9.21. The summed E-state index contributed by atoms with van der Waals surface area (Å²) in [7, 11) is 0. The predicted octanol–water partition coefficient (Wildman–Crippen LogP) is 0.996. The molecule has 2 rings (SSSR count). The lowest BCUT2D eigenvalue weighted by molar-refractivity contribution is 0.0302. The van der Waals surface area contributed by atoms with Crippen LogP contribution in [0.3, 0.4) is 0 Å². The fraction of sp³-hybridized carbons (Fsp3) is 0.615. The normalized spacial score (nSPS) is 18.3. The van der Waals surface area contributed by atoms with E-state index in [1.165, 1.54) is 5.56 Å². The average molecular weight is 236 g/mol. The van der Waals surface area contributed by atoms with E-state index in [0.29, 0.717) is 19.0 Å². The first-order valence-electron chi connectivity index (χ1n) is 6.03. The van der Waals surface area contributed by atoms with Crippen LogP contribution in [0.25, 0.3) is 0 Å². The van der Waals surface area contributed by atoms with Crippen LogP contribution in [0.1, 0.15) is 25.3 Å². The second kappa shape index (κ2) is 4.63. The molecule has 0 aliphatic carbocycles. The van der Waals surface area contributed by atoms with Crippen LogP contribution >= 0.6 is 0 Å². The third kappa shape index (κ3) is 2.28. The lowest BCUT2D eigenvalue weighted by Crippen LogP contribution is -2.60. The smallest absolute Gasteiger partial charge is 0.128 e. The van der Waals surface area contributed by atoms with Crippen molar-refractivity contribution in [1.82, 2.24) is 4.98 Å². The van der Waals surface area contributed by atoms with Gasteiger partial charge < -0.3 is 15.1 Å². The zero-order chi connectivity index (χ0) is 12.5. The van der Waals surface area contributed by atoms with Crippen LogP contribution in [0.2, 0.25) is 0 Å². The van der Waals surface area contributed by atoms with E-state index in [2.05, 4.69) is 29.8 Å². The van der Waals surface area contributed by atoms with E-state index in [9.17, 15) is 10.2 Å². The van der Waals surface area contributed by atoms with Crippen LogP contribution < -0.4 is 4.90 Å². The SMILES string of the molecule is CC(C)c1ccc(N2CC(CO)(CO)C2)nc1. The molecule has 0 unspecified atom stereocenters. The molecule has 0 amide bonds. The predicted molar refractivity (Wildman–Crippen MR) is 67.1 cm³/mol. The molecule has 4 nitrogen and oxygen atoms in total. The molecule has 4 heteroatoms. The average Bonchev–Trinajstić information content (AvgIpc) is 2.29. The molecule has 0 saturated carbocycles. The van der Waals surface area contributed by atoms with Crippen molar-refractivity contribution in [2.75, 3.05) is 31.2 Å². The highest BCUT2D eigenvalue weighted by atomic mass is 16.3. The zero-order valence-electron chi connectivity index (χ0n) is 10.4. The van der Waals surface area contributed by atoms with Gasteiger partial charge in [-0.3, -0.25) is 0 Å². The van der Waals surface area contributed by atoms with E-state index in [1.807, 2.05) is 12.3 Å². The first-order valence-corrected chi connectivity index (χ1v) is 6.03. The molecule has 0 aromatic carbocycles. The van der Waals surface area contributed by atoms with Gasteiger partial charge in [-0.2, -0.15) is 0 Å². The van der Waals surface area contributed by atoms with Gasteiger partial charge in [0.2, 0.25) is 0 Å². The summed E-state index contributed by atoms with van der Waals surface area (Å²) in [6.45, 7) is 5.70. The van der Waals surface area contributed by atoms with Gasteiger partial charge in [0, 0.05) is 19.3 Å². The summed E-state index contributed by atoms with van der Waals surface area (Å²) in [4.78, 5) is 6.50. The molecule has 1 aromatic heterocycles. The number of aliphatic hydroxyl groups excluding tert-OH is 2. The highest BCUT2D eigenvalue weighted by Gasteiger charge is 2.42. The quantitative estimate of drug-likeness (QED) is 0.818. The molecule has 2 heterocycles. The molecule has 0 bridgehead atoms. The molecule has 2 N–H and O–H groups in total. The van der Waals surface area contributed by atoms with Crippen molar-refractivity contribution in [3.63, 3.8) is 0 Å². The summed E-state index contributed by atoms with van der Waals surface area (Å²) in [5.74, 6) is 1.41. The Bertz CT molecular complexity index is 364. The zero-order valence-corrected chi connectivity index (χ0v) is 10.4. The number of aromatic nitrogens is 1. The Kier molecular flexibility index (Phi) is 3.35. The molecular formula is C13H20N2O2. The van der Waals surface area contributed by atoms with Crippen molar-refractivity contribution in [3.8, 4) is 0 Å². The Hall–Kier alpha value is -1.13. The van der Waals surface area contributed by atoms with Crippen LogP contribution in [-0.2, 0) is 0 Å². The third-order valence-corrected chi connectivity index (χ3v) is 3.48. The summed E-state index contributed by atoms with van der Waals surface area (Å²) in [6, 6.07) is 4.10. The molecule has 0 spiro atoms. The van der Waals surface area contributed by atoms with Crippen LogP contribution in [-0.4, -0.2) is 41.5 Å². The number of rotatable bonds is 4. The molecule has 17 heavy (non-hydrogen) atoms. The van der Waals surface area contributed by atoms with E-state index >= 15 is 0 Å². The van der Waals surface area contributed by atoms with Crippen molar-refractivity contribution >= 4 is 5.82 Å². The van der Waals surface area contributed by atoms with Gasteiger partial charge in [0.1, 0.15) is 5.82 Å². The lowest BCUT2D eigenvalue weighted by atomic mass is 9.81. The van der Waals surface area contributed by atoms with Crippen molar-refractivity contribution in [2.24, 2.45) is 5.41 Å². The number of anilines is 1.